The van der Waals surface area contributed by atoms with Crippen molar-refractivity contribution < 1.29 is 4.39 Å². The Balaban J connectivity index is 2.09. The number of aryl methyl sites for hydroxylation is 1. The fourth-order valence-electron chi connectivity index (χ4n) is 1.90. The molecule has 3 aromatic rings. The third kappa shape index (κ3) is 2.99. The van der Waals surface area contributed by atoms with Crippen LogP contribution in [0.1, 0.15) is 11.8 Å². The molecule has 1 aromatic carbocycles. The van der Waals surface area contributed by atoms with Gasteiger partial charge in [0.05, 0.1) is 0 Å². The van der Waals surface area contributed by atoms with Gasteiger partial charge in [-0.3, -0.25) is 5.43 Å². The van der Waals surface area contributed by atoms with Crippen molar-refractivity contribution in [2.45, 2.75) is 23.3 Å². The van der Waals surface area contributed by atoms with Crippen LogP contribution in [-0.2, 0) is 6.42 Å². The molecule has 108 valence electrons. The van der Waals surface area contributed by atoms with Crippen molar-refractivity contribution >= 4 is 39.3 Å². The van der Waals surface area contributed by atoms with E-state index in [0.717, 1.165) is 26.6 Å². The van der Waals surface area contributed by atoms with Crippen LogP contribution in [0.15, 0.2) is 40.3 Å². The largest absolute Gasteiger partial charge is 0.292 e. The van der Waals surface area contributed by atoms with Crippen molar-refractivity contribution in [2.75, 3.05) is 5.43 Å². The zero-order valence-corrected chi connectivity index (χ0v) is 12.9. The van der Waals surface area contributed by atoms with E-state index in [0.29, 0.717) is 5.95 Å². The lowest BCUT2D eigenvalue weighted by Crippen LogP contribution is -2.10. The van der Waals surface area contributed by atoms with E-state index in [4.69, 9.17) is 5.84 Å². The monoisotopic (exact) mass is 320 g/mol. The molecule has 3 rings (SSSR count). The van der Waals surface area contributed by atoms with E-state index in [2.05, 4.69) is 28.4 Å². The van der Waals surface area contributed by atoms with Crippen LogP contribution in [0.25, 0.3) is 10.2 Å². The van der Waals surface area contributed by atoms with Crippen molar-refractivity contribution in [1.82, 2.24) is 9.97 Å². The molecule has 0 atom stereocenters. The van der Waals surface area contributed by atoms with Gasteiger partial charge in [-0.15, -0.1) is 11.3 Å². The molecule has 0 fully saturated rings. The second-order valence-corrected chi connectivity index (χ2v) is 6.52. The number of thiophene rings is 1. The summed E-state index contributed by atoms with van der Waals surface area (Å²) in [6.07, 6.45) is 0.941. The molecule has 0 spiro atoms. The predicted octanol–water partition coefficient (Wildman–Crippen LogP) is 3.83. The molecule has 0 bridgehead atoms. The average Bonchev–Trinajstić information content (AvgIpc) is 2.90. The maximum Gasteiger partial charge on any atom is 0.239 e. The Hall–Kier alpha value is -1.70. The quantitative estimate of drug-likeness (QED) is 0.434. The van der Waals surface area contributed by atoms with Gasteiger partial charge in [0.15, 0.2) is 0 Å². The first kappa shape index (κ1) is 14.2. The Morgan fingerprint density at radius 1 is 1.33 bits per heavy atom. The number of hydrazine groups is 1. The number of benzene rings is 1. The Morgan fingerprint density at radius 2 is 2.19 bits per heavy atom. The lowest BCUT2D eigenvalue weighted by atomic mass is 10.3. The van der Waals surface area contributed by atoms with E-state index in [1.807, 2.05) is 6.07 Å². The number of nitrogens with one attached hydrogen (secondary N) is 1. The Bertz CT molecular complexity index is 788. The van der Waals surface area contributed by atoms with Gasteiger partial charge in [0.2, 0.25) is 5.95 Å². The molecule has 0 amide bonds. The smallest absolute Gasteiger partial charge is 0.239 e. The minimum Gasteiger partial charge on any atom is -0.292 e. The molecular weight excluding hydrogens is 307 g/mol. The number of halogens is 1. The molecular formula is C14H13FN4S2. The number of nitrogens with two attached hydrogens (primary N) is 1. The maximum absolute atomic E-state index is 13.3. The van der Waals surface area contributed by atoms with Crippen LogP contribution in [0.3, 0.4) is 0 Å². The SMILES string of the molecule is CCc1cc2c(Sc3cccc(F)c3)nc(NN)nc2s1. The van der Waals surface area contributed by atoms with E-state index in [1.165, 1.54) is 28.8 Å². The number of aromatic nitrogens is 2. The highest BCUT2D eigenvalue weighted by molar-refractivity contribution is 7.99. The highest BCUT2D eigenvalue weighted by Crippen LogP contribution is 2.36. The molecule has 0 aliphatic rings. The van der Waals surface area contributed by atoms with Gasteiger partial charge in [-0.05, 0) is 30.7 Å². The number of hydrogen-bond acceptors (Lipinski definition) is 6. The standard InChI is InChI=1S/C14H13FN4S2/c1-2-9-7-11-12(20-9)17-14(19-16)18-13(11)21-10-5-3-4-8(15)6-10/h3-7H,2,16H2,1H3,(H,17,18,19). The van der Waals surface area contributed by atoms with Gasteiger partial charge < -0.3 is 0 Å². The first-order valence-electron chi connectivity index (χ1n) is 6.40. The number of nitrogen functional groups attached to an aromatic ring is 1. The summed E-state index contributed by atoms with van der Waals surface area (Å²) in [7, 11) is 0. The van der Waals surface area contributed by atoms with Gasteiger partial charge in [0.25, 0.3) is 0 Å². The Labute approximate surface area is 129 Å². The Morgan fingerprint density at radius 3 is 2.90 bits per heavy atom. The van der Waals surface area contributed by atoms with E-state index >= 15 is 0 Å². The topological polar surface area (TPSA) is 63.8 Å². The molecule has 21 heavy (non-hydrogen) atoms. The number of nitrogens with zero attached hydrogens (tertiary/aromatic N) is 2. The molecule has 0 unspecified atom stereocenters. The Kier molecular flexibility index (Phi) is 4.05. The molecule has 0 aliphatic carbocycles. The van der Waals surface area contributed by atoms with Crippen LogP contribution < -0.4 is 11.3 Å². The summed E-state index contributed by atoms with van der Waals surface area (Å²) in [6, 6.07) is 8.53. The van der Waals surface area contributed by atoms with Crippen LogP contribution in [-0.4, -0.2) is 9.97 Å². The molecule has 0 saturated heterocycles. The average molecular weight is 320 g/mol. The summed E-state index contributed by atoms with van der Waals surface area (Å²) in [5, 5.41) is 1.75. The van der Waals surface area contributed by atoms with Gasteiger partial charge in [-0.1, -0.05) is 24.8 Å². The van der Waals surface area contributed by atoms with Gasteiger partial charge in [-0.2, -0.15) is 0 Å². The summed E-state index contributed by atoms with van der Waals surface area (Å²) in [6.45, 7) is 2.10. The molecule has 0 saturated carbocycles. The maximum atomic E-state index is 13.3. The number of anilines is 1. The van der Waals surface area contributed by atoms with Crippen molar-refractivity contribution in [1.29, 1.82) is 0 Å². The van der Waals surface area contributed by atoms with E-state index in [1.54, 1.807) is 17.4 Å². The van der Waals surface area contributed by atoms with E-state index in [9.17, 15) is 4.39 Å². The van der Waals surface area contributed by atoms with Gasteiger partial charge in [0.1, 0.15) is 15.7 Å². The zero-order valence-electron chi connectivity index (χ0n) is 11.3. The molecule has 7 heteroatoms. The molecule has 2 aromatic heterocycles. The van der Waals surface area contributed by atoms with Crippen LogP contribution in [0.2, 0.25) is 0 Å². The second-order valence-electron chi connectivity index (χ2n) is 4.34. The lowest BCUT2D eigenvalue weighted by Gasteiger charge is -2.05. The minimum absolute atomic E-state index is 0.262. The molecule has 0 aliphatic heterocycles. The zero-order chi connectivity index (χ0) is 14.8. The lowest BCUT2D eigenvalue weighted by molar-refractivity contribution is 0.624. The number of hydrogen-bond donors (Lipinski definition) is 2. The third-order valence-electron chi connectivity index (χ3n) is 2.90. The molecule has 2 heterocycles. The highest BCUT2D eigenvalue weighted by atomic mass is 32.2. The van der Waals surface area contributed by atoms with Crippen LogP contribution >= 0.6 is 23.1 Å². The highest BCUT2D eigenvalue weighted by Gasteiger charge is 2.12. The summed E-state index contributed by atoms with van der Waals surface area (Å²) in [5.41, 5.74) is 2.48. The van der Waals surface area contributed by atoms with Crippen molar-refractivity contribution in [2.24, 2.45) is 5.84 Å². The number of rotatable bonds is 4. The fourth-order valence-corrected chi connectivity index (χ4v) is 3.87. The molecule has 3 N–H and O–H groups in total. The van der Waals surface area contributed by atoms with E-state index in [-0.39, 0.29) is 5.82 Å². The van der Waals surface area contributed by atoms with Crippen LogP contribution in [0, 0.1) is 5.82 Å². The number of fused-ring (bicyclic) bond motifs is 1. The van der Waals surface area contributed by atoms with Gasteiger partial charge >= 0.3 is 0 Å². The summed E-state index contributed by atoms with van der Waals surface area (Å²) >= 11 is 3.03. The normalized spacial score (nSPS) is 11.0. The third-order valence-corrected chi connectivity index (χ3v) is 5.06. The van der Waals surface area contributed by atoms with Gasteiger partial charge in [0, 0.05) is 15.2 Å². The summed E-state index contributed by atoms with van der Waals surface area (Å²) in [4.78, 5) is 11.7. The summed E-state index contributed by atoms with van der Waals surface area (Å²) < 4.78 is 13.3. The predicted molar refractivity (Wildman–Crippen MR) is 85.1 cm³/mol. The van der Waals surface area contributed by atoms with E-state index < -0.39 is 0 Å². The fraction of sp³-hybridized carbons (Fsp3) is 0.143. The van der Waals surface area contributed by atoms with Crippen molar-refractivity contribution in [3.05, 3.63) is 41.0 Å². The molecule has 0 radical (unpaired) electrons. The summed E-state index contributed by atoms with van der Waals surface area (Å²) in [5.74, 6) is 5.53. The molecule has 4 nitrogen and oxygen atoms in total. The second kappa shape index (κ2) is 5.97. The van der Waals surface area contributed by atoms with Crippen molar-refractivity contribution in [3.63, 3.8) is 0 Å². The van der Waals surface area contributed by atoms with Crippen LogP contribution in [0.4, 0.5) is 10.3 Å². The van der Waals surface area contributed by atoms with Crippen LogP contribution in [0.5, 0.6) is 0 Å². The van der Waals surface area contributed by atoms with Crippen molar-refractivity contribution in [3.8, 4) is 0 Å². The minimum atomic E-state index is -0.262. The first-order chi connectivity index (χ1) is 10.2. The first-order valence-corrected chi connectivity index (χ1v) is 8.03. The van der Waals surface area contributed by atoms with Gasteiger partial charge in [-0.25, -0.2) is 20.2 Å².